The molecule has 11 nitrogen and oxygen atoms in total. The molecule has 2 aliphatic rings. The lowest BCUT2D eigenvalue weighted by atomic mass is 10.0. The molecule has 4 heterocycles. The van der Waals surface area contributed by atoms with E-state index in [1.165, 1.54) is 31.2 Å². The molecule has 3 atom stereocenters. The summed E-state index contributed by atoms with van der Waals surface area (Å²) in [6.45, 7) is -0.225. The first-order valence-electron chi connectivity index (χ1n) is 12.2. The number of amides is 1. The predicted molar refractivity (Wildman–Crippen MR) is 147 cm³/mol. The van der Waals surface area contributed by atoms with E-state index >= 15 is 0 Å². The van der Waals surface area contributed by atoms with Crippen LogP contribution in [0.4, 0.5) is 0 Å². The van der Waals surface area contributed by atoms with Gasteiger partial charge in [0.2, 0.25) is 11.6 Å². The second-order valence-corrected chi connectivity index (χ2v) is 11.9. The number of aliphatic hydroxyl groups is 1. The van der Waals surface area contributed by atoms with Crippen molar-refractivity contribution >= 4 is 69.0 Å². The highest BCUT2D eigenvalue weighted by Gasteiger charge is 2.58. The molecule has 0 radical (unpaired) electrons. The molecule has 2 aromatic heterocycles. The molecule has 0 saturated carbocycles. The number of para-hydroxylation sites is 1. The zero-order valence-electron chi connectivity index (χ0n) is 21.1. The number of carbonyl (C=O) groups is 3. The number of nitrogens with zero attached hydrogens (tertiary/aromatic N) is 2. The summed E-state index contributed by atoms with van der Waals surface area (Å²) in [5.74, 6) is -2.07. The summed E-state index contributed by atoms with van der Waals surface area (Å²) in [5.41, 5.74) is 8.01. The number of furan rings is 2. The van der Waals surface area contributed by atoms with Crippen LogP contribution in [0.3, 0.4) is 0 Å². The van der Waals surface area contributed by atoms with Crippen molar-refractivity contribution in [1.29, 1.82) is 0 Å². The van der Waals surface area contributed by atoms with Gasteiger partial charge in [-0.2, -0.15) is 0 Å². The second kappa shape index (κ2) is 10.3. The molecule has 0 aliphatic carbocycles. The molecule has 1 amide bonds. The third-order valence-corrected chi connectivity index (χ3v) is 9.85. The number of fused-ring (bicyclic) bond motifs is 4. The van der Waals surface area contributed by atoms with E-state index in [2.05, 4.69) is 5.16 Å². The number of esters is 2. The predicted octanol–water partition coefficient (Wildman–Crippen LogP) is 3.21. The summed E-state index contributed by atoms with van der Waals surface area (Å²) >= 11 is 2.37. The number of aliphatic hydroxyl groups excluding tert-OH is 1. The summed E-state index contributed by atoms with van der Waals surface area (Å²) in [4.78, 5) is 46.2. The lowest BCUT2D eigenvalue weighted by Gasteiger charge is -2.52. The maximum atomic E-state index is 13.8. The monoisotopic (exact) mass is 581 g/mol. The Balaban J connectivity index is 1.36. The number of rotatable bonds is 7. The first-order valence-corrected chi connectivity index (χ1v) is 14.0. The fraction of sp³-hybridized carbons (Fsp3) is 0.259. The molecule has 2 aromatic carbocycles. The van der Waals surface area contributed by atoms with Crippen LogP contribution >= 0.6 is 23.5 Å². The summed E-state index contributed by atoms with van der Waals surface area (Å²) in [6.07, 6.45) is 1.67. The molecule has 0 bridgehead atoms. The van der Waals surface area contributed by atoms with Crippen LogP contribution in [0, 0.1) is 0 Å². The Bertz CT molecular complexity index is 1670. The lowest BCUT2D eigenvalue weighted by molar-refractivity contribution is -0.158. The number of carbonyl (C=O) groups excluding carboxylic acids is 3. The minimum absolute atomic E-state index is 0.0498. The Hall–Kier alpha value is -3.78. The average molecular weight is 582 g/mol. The van der Waals surface area contributed by atoms with Gasteiger partial charge in [-0.25, -0.2) is 9.59 Å². The Morgan fingerprint density at radius 1 is 1.25 bits per heavy atom. The first kappa shape index (κ1) is 26.4. The molecule has 6 rings (SSSR count). The van der Waals surface area contributed by atoms with Gasteiger partial charge in [-0.15, -0.1) is 23.5 Å². The molecule has 206 valence electrons. The van der Waals surface area contributed by atoms with Gasteiger partial charge in [0.1, 0.15) is 18.3 Å². The van der Waals surface area contributed by atoms with E-state index in [0.29, 0.717) is 28.0 Å². The fourth-order valence-corrected chi connectivity index (χ4v) is 7.60. The third kappa shape index (κ3) is 4.35. The molecule has 13 heteroatoms. The number of β-lactam (4-membered cyclic amide) rings is 1. The Morgan fingerprint density at radius 2 is 2.10 bits per heavy atom. The normalized spacial score (nSPS) is 22.7. The Morgan fingerprint density at radius 3 is 2.83 bits per heavy atom. The highest BCUT2D eigenvalue weighted by atomic mass is 32.2. The quantitative estimate of drug-likeness (QED) is 0.109. The summed E-state index contributed by atoms with van der Waals surface area (Å²) < 4.78 is 15.1. The number of hydrogen-bond acceptors (Lipinski definition) is 12. The smallest absolute Gasteiger partial charge is 0.372 e. The van der Waals surface area contributed by atoms with Crippen LogP contribution in [0.5, 0.6) is 0 Å². The van der Waals surface area contributed by atoms with E-state index in [-0.39, 0.29) is 35.9 Å². The number of oxime groups is 1. The molecule has 40 heavy (non-hydrogen) atoms. The largest absolute Gasteiger partial charge is 0.462 e. The van der Waals surface area contributed by atoms with Crippen molar-refractivity contribution < 1.29 is 37.9 Å². The maximum absolute atomic E-state index is 13.8. The minimum atomic E-state index is -1.54. The summed E-state index contributed by atoms with van der Waals surface area (Å²) in [7, 11) is 1.25. The van der Waals surface area contributed by atoms with Gasteiger partial charge in [0, 0.05) is 27.8 Å². The van der Waals surface area contributed by atoms with Gasteiger partial charge >= 0.3 is 11.9 Å². The zero-order valence-corrected chi connectivity index (χ0v) is 22.7. The van der Waals surface area contributed by atoms with Crippen LogP contribution in [0.25, 0.3) is 21.9 Å². The zero-order chi connectivity index (χ0) is 28.0. The van der Waals surface area contributed by atoms with Crippen molar-refractivity contribution in [2.75, 3.05) is 13.7 Å². The summed E-state index contributed by atoms with van der Waals surface area (Å²) in [5, 5.41) is 14.1. The molecule has 2 fully saturated rings. The number of hydrogen-bond donors (Lipinski definition) is 2. The second-order valence-electron chi connectivity index (χ2n) is 9.22. The van der Waals surface area contributed by atoms with E-state index in [1.807, 2.05) is 24.3 Å². The van der Waals surface area contributed by atoms with Crippen molar-refractivity contribution in [1.82, 2.24) is 4.90 Å². The molecular formula is C27H23N3O8S2. The van der Waals surface area contributed by atoms with Crippen LogP contribution in [-0.4, -0.2) is 62.7 Å². The van der Waals surface area contributed by atoms with Crippen LogP contribution < -0.4 is 5.73 Å². The number of nitrogens with two attached hydrogens (primary N) is 1. The molecular weight excluding hydrogens is 558 g/mol. The highest BCUT2D eigenvalue weighted by Crippen LogP contribution is 2.50. The van der Waals surface area contributed by atoms with Crippen LogP contribution in [0.1, 0.15) is 17.7 Å². The van der Waals surface area contributed by atoms with E-state index in [9.17, 15) is 19.5 Å². The van der Waals surface area contributed by atoms with Crippen molar-refractivity contribution in [2.45, 2.75) is 33.4 Å². The van der Waals surface area contributed by atoms with E-state index < -0.39 is 22.1 Å². The van der Waals surface area contributed by atoms with Gasteiger partial charge < -0.3 is 34.1 Å². The number of benzene rings is 2. The van der Waals surface area contributed by atoms with E-state index in [4.69, 9.17) is 24.1 Å². The first-order chi connectivity index (χ1) is 19.3. The van der Waals surface area contributed by atoms with E-state index in [1.54, 1.807) is 23.1 Å². The SMILES string of the molecule is CON=C(C(=O)OC(=O)C1(Sc2ccc3c(c2)oc2c(CO)cccc23)CN2C(=O)C[C@H]2SC1N)c1ccco1. The van der Waals surface area contributed by atoms with Crippen LogP contribution in [0.2, 0.25) is 0 Å². The van der Waals surface area contributed by atoms with Crippen molar-refractivity contribution in [3.05, 3.63) is 66.1 Å². The van der Waals surface area contributed by atoms with Gasteiger partial charge in [-0.05, 0) is 30.3 Å². The Labute approximate surface area is 235 Å². The van der Waals surface area contributed by atoms with Crippen molar-refractivity contribution in [2.24, 2.45) is 10.9 Å². The van der Waals surface area contributed by atoms with Gasteiger partial charge in [-0.1, -0.05) is 23.4 Å². The van der Waals surface area contributed by atoms with Gasteiger partial charge in [0.05, 0.1) is 30.0 Å². The fourth-order valence-electron chi connectivity index (χ4n) is 4.81. The lowest BCUT2D eigenvalue weighted by Crippen LogP contribution is -2.68. The maximum Gasteiger partial charge on any atom is 0.372 e. The number of ether oxygens (including phenoxy) is 1. The molecule has 2 aliphatic heterocycles. The molecule has 2 unspecified atom stereocenters. The standard InChI is InChI=1S/C27H23N3O8S2/c1-35-29-22(18-6-3-9-36-18)24(33)38-26(34)27(13-30-20(32)11-21(30)39-25(27)28)40-15-7-8-16-17-5-2-4-14(12-31)23(17)37-19(16)10-15/h2-10,21,25,31H,11-13,28H2,1H3/t21-,25?,27?/m1/s1. The third-order valence-electron chi connectivity index (χ3n) is 6.87. The topological polar surface area (TPSA) is 158 Å². The number of thioether (sulfide) groups is 2. The van der Waals surface area contributed by atoms with Gasteiger partial charge in [-0.3, -0.25) is 4.79 Å². The van der Waals surface area contributed by atoms with Gasteiger partial charge in [0.15, 0.2) is 10.5 Å². The van der Waals surface area contributed by atoms with Crippen molar-refractivity contribution in [3.63, 3.8) is 0 Å². The molecule has 2 saturated heterocycles. The van der Waals surface area contributed by atoms with Crippen LogP contribution in [0.15, 0.2) is 73.7 Å². The highest BCUT2D eigenvalue weighted by molar-refractivity contribution is 8.05. The van der Waals surface area contributed by atoms with E-state index in [0.717, 1.165) is 22.5 Å². The Kier molecular flexibility index (Phi) is 6.82. The van der Waals surface area contributed by atoms with Gasteiger partial charge in [0.25, 0.3) is 0 Å². The molecule has 4 aromatic rings. The molecule has 3 N–H and O–H groups in total. The summed E-state index contributed by atoms with van der Waals surface area (Å²) in [6, 6.07) is 14.0. The van der Waals surface area contributed by atoms with Crippen LogP contribution in [-0.2, 0) is 30.6 Å². The van der Waals surface area contributed by atoms with Crippen molar-refractivity contribution in [3.8, 4) is 0 Å². The average Bonchev–Trinajstić information content (AvgIpc) is 3.60. The minimum Gasteiger partial charge on any atom is -0.462 e. The molecule has 0 spiro atoms.